The van der Waals surface area contributed by atoms with Crippen molar-refractivity contribution in [2.45, 2.75) is 0 Å². The first-order valence-corrected chi connectivity index (χ1v) is 11.6. The summed E-state index contributed by atoms with van der Waals surface area (Å²) in [7, 11) is 0. The number of fused-ring (bicyclic) bond motifs is 1. The molecule has 2 heterocycles. The number of oxime groups is 1. The molecule has 0 unspecified atom stereocenters. The lowest BCUT2D eigenvalue weighted by atomic mass is 10.00. The molecule has 1 saturated heterocycles. The Labute approximate surface area is 211 Å². The number of benzene rings is 3. The number of ether oxygens (including phenoxy) is 1. The summed E-state index contributed by atoms with van der Waals surface area (Å²) >= 11 is 0. The van der Waals surface area contributed by atoms with E-state index < -0.39 is 10.5 Å². The van der Waals surface area contributed by atoms with Gasteiger partial charge in [-0.2, -0.15) is 9.78 Å². The molecule has 10 heteroatoms. The van der Waals surface area contributed by atoms with Crippen molar-refractivity contribution < 1.29 is 14.9 Å². The molecule has 1 fully saturated rings. The normalized spacial score (nSPS) is 13.8. The lowest BCUT2D eigenvalue weighted by molar-refractivity contribution is -0.384. The van der Waals surface area contributed by atoms with Gasteiger partial charge in [0.2, 0.25) is 0 Å². The van der Waals surface area contributed by atoms with Crippen LogP contribution in [0.3, 0.4) is 0 Å². The van der Waals surface area contributed by atoms with Crippen LogP contribution in [0.15, 0.2) is 77.2 Å². The zero-order valence-electron chi connectivity index (χ0n) is 19.8. The van der Waals surface area contributed by atoms with Crippen molar-refractivity contribution in [2.24, 2.45) is 5.16 Å². The van der Waals surface area contributed by atoms with E-state index >= 15 is 0 Å². The molecule has 1 aliphatic heterocycles. The van der Waals surface area contributed by atoms with Crippen LogP contribution in [0.5, 0.6) is 0 Å². The molecule has 0 amide bonds. The summed E-state index contributed by atoms with van der Waals surface area (Å²) in [6.07, 6.45) is 2.93. The third-order valence-corrected chi connectivity index (χ3v) is 6.26. The second-order valence-electron chi connectivity index (χ2n) is 8.48. The largest absolute Gasteiger partial charge is 0.411 e. The van der Waals surface area contributed by atoms with Gasteiger partial charge in [0.15, 0.2) is 0 Å². The highest BCUT2D eigenvalue weighted by Crippen LogP contribution is 2.31. The minimum atomic E-state index is -0.518. The molecule has 37 heavy (non-hydrogen) atoms. The Morgan fingerprint density at radius 3 is 2.49 bits per heavy atom. The van der Waals surface area contributed by atoms with Crippen LogP contribution in [0.25, 0.3) is 33.8 Å². The van der Waals surface area contributed by atoms with Gasteiger partial charge in [0, 0.05) is 35.8 Å². The zero-order chi connectivity index (χ0) is 25.9. The molecule has 5 rings (SSSR count). The summed E-state index contributed by atoms with van der Waals surface area (Å²) in [6.45, 7) is 6.18. The SMILES string of the molecule is C=Cc1cc(C=NO)cc(-c2nn(-c3cc(N4CCOCC4)ccc3[N+](=O)[O-])c(=O)c3ccccc23)c1. The number of rotatable bonds is 6. The maximum Gasteiger partial charge on any atom is 0.295 e. The lowest BCUT2D eigenvalue weighted by Crippen LogP contribution is -2.36. The molecule has 0 bridgehead atoms. The van der Waals surface area contributed by atoms with Crippen molar-refractivity contribution in [3.8, 4) is 16.9 Å². The van der Waals surface area contributed by atoms with Gasteiger partial charge in [-0.15, -0.1) is 0 Å². The average molecular weight is 498 g/mol. The van der Waals surface area contributed by atoms with E-state index in [2.05, 4.69) is 21.7 Å². The maximum absolute atomic E-state index is 13.6. The molecule has 0 radical (unpaired) electrons. The fraction of sp³-hybridized carbons (Fsp3) is 0.148. The smallest absolute Gasteiger partial charge is 0.295 e. The lowest BCUT2D eigenvalue weighted by Gasteiger charge is -2.29. The molecule has 1 aliphatic rings. The fourth-order valence-electron chi connectivity index (χ4n) is 4.49. The van der Waals surface area contributed by atoms with Crippen LogP contribution in [0.1, 0.15) is 11.1 Å². The highest BCUT2D eigenvalue weighted by molar-refractivity contribution is 5.95. The third-order valence-electron chi connectivity index (χ3n) is 6.26. The van der Waals surface area contributed by atoms with Crippen molar-refractivity contribution in [1.29, 1.82) is 0 Å². The maximum atomic E-state index is 13.6. The standard InChI is InChI=1S/C27H23N5O5/c1-2-18-13-19(17-28-34)15-20(14-18)26-22-5-3-4-6-23(22)27(33)31(29-26)25-16-21(7-8-24(25)32(35)36)30-9-11-37-12-10-30/h2-8,13-17,34H,1,9-12H2. The third kappa shape index (κ3) is 4.57. The Bertz CT molecular complexity index is 1610. The number of hydrogen-bond donors (Lipinski definition) is 1. The van der Waals surface area contributed by atoms with E-state index in [9.17, 15) is 14.9 Å². The summed E-state index contributed by atoms with van der Waals surface area (Å²) < 4.78 is 6.52. The van der Waals surface area contributed by atoms with Crippen LogP contribution < -0.4 is 10.5 Å². The van der Waals surface area contributed by atoms with Crippen LogP contribution in [-0.4, -0.2) is 52.4 Å². The summed E-state index contributed by atoms with van der Waals surface area (Å²) in [4.78, 5) is 27.2. The number of nitro benzene ring substituents is 1. The van der Waals surface area contributed by atoms with Crippen molar-refractivity contribution in [3.63, 3.8) is 0 Å². The number of nitro groups is 1. The van der Waals surface area contributed by atoms with Crippen LogP contribution in [-0.2, 0) is 4.74 Å². The summed E-state index contributed by atoms with van der Waals surface area (Å²) in [5.41, 5.74) is 2.52. The average Bonchev–Trinajstić information content (AvgIpc) is 2.93. The van der Waals surface area contributed by atoms with E-state index in [4.69, 9.17) is 9.94 Å². The quantitative estimate of drug-likeness (QED) is 0.183. The van der Waals surface area contributed by atoms with Crippen LogP contribution >= 0.6 is 0 Å². The highest BCUT2D eigenvalue weighted by Gasteiger charge is 2.23. The summed E-state index contributed by atoms with van der Waals surface area (Å²) in [5, 5.41) is 29.8. The Balaban J connectivity index is 1.80. The molecule has 10 nitrogen and oxygen atoms in total. The summed E-state index contributed by atoms with van der Waals surface area (Å²) in [6, 6.07) is 17.1. The van der Waals surface area contributed by atoms with Gasteiger partial charge in [0.25, 0.3) is 11.2 Å². The van der Waals surface area contributed by atoms with Crippen LogP contribution in [0.2, 0.25) is 0 Å². The van der Waals surface area contributed by atoms with E-state index in [1.807, 2.05) is 6.07 Å². The number of anilines is 1. The van der Waals surface area contributed by atoms with Crippen molar-refractivity contribution in [1.82, 2.24) is 9.78 Å². The van der Waals surface area contributed by atoms with Gasteiger partial charge in [-0.3, -0.25) is 14.9 Å². The molecular weight excluding hydrogens is 474 g/mol. The first-order chi connectivity index (χ1) is 18.0. The Hall–Kier alpha value is -4.83. The van der Waals surface area contributed by atoms with Crippen LogP contribution in [0.4, 0.5) is 11.4 Å². The Morgan fingerprint density at radius 2 is 1.78 bits per heavy atom. The van der Waals surface area contributed by atoms with Gasteiger partial charge < -0.3 is 14.8 Å². The summed E-state index contributed by atoms with van der Waals surface area (Å²) in [5.74, 6) is 0. The Kier molecular flexibility index (Phi) is 6.48. The number of aromatic nitrogens is 2. The van der Waals surface area contributed by atoms with Crippen molar-refractivity contribution in [2.75, 3.05) is 31.2 Å². The molecule has 4 aromatic rings. The van der Waals surface area contributed by atoms with Gasteiger partial charge in [-0.25, -0.2) is 0 Å². The van der Waals surface area contributed by atoms with E-state index in [0.717, 1.165) is 15.9 Å². The molecule has 0 saturated carbocycles. The van der Waals surface area contributed by atoms with Gasteiger partial charge in [-0.1, -0.05) is 36.0 Å². The first kappa shape index (κ1) is 23.9. The molecule has 1 aromatic heterocycles. The van der Waals surface area contributed by atoms with Gasteiger partial charge in [0.05, 0.1) is 35.4 Å². The van der Waals surface area contributed by atoms with E-state index in [-0.39, 0.29) is 11.4 Å². The van der Waals surface area contributed by atoms with Crippen molar-refractivity contribution >= 4 is 34.4 Å². The number of nitrogens with zero attached hydrogens (tertiary/aromatic N) is 5. The highest BCUT2D eigenvalue weighted by atomic mass is 16.6. The molecule has 0 spiro atoms. The van der Waals surface area contributed by atoms with Crippen molar-refractivity contribution in [3.05, 3.63) is 98.8 Å². The van der Waals surface area contributed by atoms with E-state index in [1.54, 1.807) is 54.6 Å². The molecule has 1 N–H and O–H groups in total. The second kappa shape index (κ2) is 10.0. The zero-order valence-corrected chi connectivity index (χ0v) is 19.8. The monoisotopic (exact) mass is 497 g/mol. The van der Waals surface area contributed by atoms with Crippen LogP contribution in [0, 0.1) is 10.1 Å². The van der Waals surface area contributed by atoms with Gasteiger partial charge in [-0.05, 0) is 47.5 Å². The number of morpholine rings is 1. The molecule has 3 aromatic carbocycles. The molecule has 186 valence electrons. The van der Waals surface area contributed by atoms with E-state index in [0.29, 0.717) is 53.9 Å². The van der Waals surface area contributed by atoms with E-state index in [1.165, 1.54) is 12.3 Å². The number of hydrogen-bond acceptors (Lipinski definition) is 8. The topological polar surface area (TPSA) is 123 Å². The fourth-order valence-corrected chi connectivity index (χ4v) is 4.49. The molecule has 0 aliphatic carbocycles. The minimum Gasteiger partial charge on any atom is -0.411 e. The molecular formula is C27H23N5O5. The predicted octanol–water partition coefficient (Wildman–Crippen LogP) is 4.25. The molecule has 0 atom stereocenters. The minimum absolute atomic E-state index is 0.0722. The van der Waals surface area contributed by atoms with Gasteiger partial charge in [0.1, 0.15) is 5.69 Å². The second-order valence-corrected chi connectivity index (χ2v) is 8.48. The predicted molar refractivity (Wildman–Crippen MR) is 142 cm³/mol. The Morgan fingerprint density at radius 1 is 1.05 bits per heavy atom. The first-order valence-electron chi connectivity index (χ1n) is 11.6. The van der Waals surface area contributed by atoms with Gasteiger partial charge >= 0.3 is 0 Å².